The number of ether oxygens (including phenoxy) is 1. The van der Waals surface area contributed by atoms with Gasteiger partial charge in [-0.3, -0.25) is 0 Å². The molecule has 2 aromatic rings. The second-order valence-corrected chi connectivity index (χ2v) is 4.61. The Labute approximate surface area is 115 Å². The Kier molecular flexibility index (Phi) is 4.59. The number of nitrogens with one attached hydrogen (secondary N) is 1. The average Bonchev–Trinajstić information content (AvgIpc) is 2.40. The van der Waals surface area contributed by atoms with Crippen LogP contribution in [0.1, 0.15) is 12.5 Å². The maximum atomic E-state index is 5.78. The van der Waals surface area contributed by atoms with Crippen LogP contribution in [0.5, 0.6) is 5.75 Å². The topological polar surface area (TPSA) is 34.2 Å². The highest BCUT2D eigenvalue weighted by atomic mass is 79.9. The van der Waals surface area contributed by atoms with Gasteiger partial charge in [0.05, 0.1) is 4.47 Å². The van der Waals surface area contributed by atoms with Crippen LogP contribution in [0.15, 0.2) is 47.1 Å². The number of pyridine rings is 1. The van der Waals surface area contributed by atoms with Gasteiger partial charge in [-0.1, -0.05) is 18.2 Å². The van der Waals surface area contributed by atoms with Gasteiger partial charge in [-0.15, -0.1) is 0 Å². The van der Waals surface area contributed by atoms with Crippen LogP contribution in [0.2, 0.25) is 0 Å². The van der Waals surface area contributed by atoms with E-state index >= 15 is 0 Å². The molecule has 0 amide bonds. The summed E-state index contributed by atoms with van der Waals surface area (Å²) in [6.45, 7) is 3.39. The van der Waals surface area contributed by atoms with E-state index in [4.69, 9.17) is 4.74 Å². The third-order valence-electron chi connectivity index (χ3n) is 2.46. The summed E-state index contributed by atoms with van der Waals surface area (Å²) in [6, 6.07) is 11.7. The molecule has 0 saturated carbocycles. The molecule has 0 aliphatic heterocycles. The molecule has 1 aromatic heterocycles. The van der Waals surface area contributed by atoms with Gasteiger partial charge in [0.25, 0.3) is 0 Å². The van der Waals surface area contributed by atoms with E-state index in [9.17, 15) is 0 Å². The summed E-state index contributed by atoms with van der Waals surface area (Å²) < 4.78 is 6.74. The first-order chi connectivity index (χ1) is 8.81. The molecule has 0 fully saturated rings. The molecule has 3 nitrogen and oxygen atoms in total. The molecule has 0 atom stereocenters. The van der Waals surface area contributed by atoms with Gasteiger partial charge in [0.2, 0.25) is 0 Å². The van der Waals surface area contributed by atoms with Crippen LogP contribution < -0.4 is 10.1 Å². The number of anilines is 1. The molecule has 94 valence electrons. The van der Waals surface area contributed by atoms with Gasteiger partial charge in [-0.05, 0) is 41.1 Å². The highest BCUT2D eigenvalue weighted by Crippen LogP contribution is 2.25. The fourth-order valence-electron chi connectivity index (χ4n) is 1.60. The van der Waals surface area contributed by atoms with E-state index in [-0.39, 0.29) is 0 Å². The first-order valence-corrected chi connectivity index (χ1v) is 6.65. The third kappa shape index (κ3) is 3.23. The third-order valence-corrected chi connectivity index (χ3v) is 3.11. The van der Waals surface area contributed by atoms with Crippen LogP contribution >= 0.6 is 15.9 Å². The molecule has 0 bridgehead atoms. The number of hydrogen-bond acceptors (Lipinski definition) is 3. The predicted molar refractivity (Wildman–Crippen MR) is 76.9 cm³/mol. The minimum atomic E-state index is 0.499. The van der Waals surface area contributed by atoms with Crippen molar-refractivity contribution in [2.45, 2.75) is 13.5 Å². The molecular weight excluding hydrogens is 292 g/mol. The van der Waals surface area contributed by atoms with Crippen LogP contribution in [0.25, 0.3) is 0 Å². The van der Waals surface area contributed by atoms with Crippen molar-refractivity contribution in [3.8, 4) is 5.75 Å². The Bertz CT molecular complexity index is 517. The van der Waals surface area contributed by atoms with Crippen molar-refractivity contribution < 1.29 is 4.74 Å². The van der Waals surface area contributed by atoms with Gasteiger partial charge in [-0.25, -0.2) is 4.98 Å². The Hall–Kier alpha value is -1.55. The SMILES string of the molecule is CCNc1ncccc1COc1ccccc1Br. The van der Waals surface area contributed by atoms with Gasteiger partial charge < -0.3 is 10.1 Å². The zero-order valence-corrected chi connectivity index (χ0v) is 11.8. The molecule has 0 spiro atoms. The highest BCUT2D eigenvalue weighted by Gasteiger charge is 2.04. The van der Waals surface area contributed by atoms with Crippen LogP contribution in [0.4, 0.5) is 5.82 Å². The largest absolute Gasteiger partial charge is 0.488 e. The van der Waals surface area contributed by atoms with Crippen molar-refractivity contribution in [1.82, 2.24) is 4.98 Å². The molecule has 1 N–H and O–H groups in total. The minimum Gasteiger partial charge on any atom is -0.488 e. The predicted octanol–water partition coefficient (Wildman–Crippen LogP) is 3.85. The van der Waals surface area contributed by atoms with Crippen LogP contribution in [0.3, 0.4) is 0 Å². The number of halogens is 1. The van der Waals surface area contributed by atoms with Gasteiger partial charge >= 0.3 is 0 Å². The van der Waals surface area contributed by atoms with Crippen molar-refractivity contribution in [1.29, 1.82) is 0 Å². The summed E-state index contributed by atoms with van der Waals surface area (Å²) in [5.74, 6) is 1.72. The standard InChI is InChI=1S/C14H15BrN2O/c1-2-16-14-11(6-5-9-17-14)10-18-13-8-4-3-7-12(13)15/h3-9H,2,10H2,1H3,(H,16,17). The lowest BCUT2D eigenvalue weighted by atomic mass is 10.2. The zero-order valence-electron chi connectivity index (χ0n) is 10.2. The number of nitrogens with zero attached hydrogens (tertiary/aromatic N) is 1. The van der Waals surface area contributed by atoms with Crippen molar-refractivity contribution in [3.05, 3.63) is 52.6 Å². The van der Waals surface area contributed by atoms with Gasteiger partial charge in [0.1, 0.15) is 18.2 Å². The molecule has 4 heteroatoms. The number of benzene rings is 1. The summed E-state index contributed by atoms with van der Waals surface area (Å²) in [7, 11) is 0. The van der Waals surface area contributed by atoms with Gasteiger partial charge in [-0.2, -0.15) is 0 Å². The van der Waals surface area contributed by atoms with E-state index in [0.717, 1.165) is 28.1 Å². The van der Waals surface area contributed by atoms with Crippen LogP contribution in [-0.4, -0.2) is 11.5 Å². The quantitative estimate of drug-likeness (QED) is 0.911. The number of hydrogen-bond donors (Lipinski definition) is 1. The van der Waals surface area contributed by atoms with E-state index in [1.54, 1.807) is 6.20 Å². The minimum absolute atomic E-state index is 0.499. The summed E-state index contributed by atoms with van der Waals surface area (Å²) in [5, 5.41) is 3.22. The lowest BCUT2D eigenvalue weighted by Crippen LogP contribution is -2.05. The zero-order chi connectivity index (χ0) is 12.8. The lowest BCUT2D eigenvalue weighted by Gasteiger charge is -2.11. The summed E-state index contributed by atoms with van der Waals surface area (Å²) in [5.41, 5.74) is 1.05. The molecule has 2 rings (SSSR count). The van der Waals surface area contributed by atoms with Gasteiger partial charge in [0, 0.05) is 18.3 Å². The summed E-state index contributed by atoms with van der Waals surface area (Å²) >= 11 is 3.46. The Morgan fingerprint density at radius 3 is 2.83 bits per heavy atom. The fourth-order valence-corrected chi connectivity index (χ4v) is 2.00. The van der Waals surface area contributed by atoms with Gasteiger partial charge in [0.15, 0.2) is 0 Å². The van der Waals surface area contributed by atoms with Crippen LogP contribution in [-0.2, 0) is 6.61 Å². The van der Waals surface area contributed by atoms with E-state index < -0.39 is 0 Å². The lowest BCUT2D eigenvalue weighted by molar-refractivity contribution is 0.304. The fraction of sp³-hybridized carbons (Fsp3) is 0.214. The molecule has 18 heavy (non-hydrogen) atoms. The maximum Gasteiger partial charge on any atom is 0.133 e. The highest BCUT2D eigenvalue weighted by molar-refractivity contribution is 9.10. The molecule has 1 aromatic carbocycles. The Morgan fingerprint density at radius 1 is 1.22 bits per heavy atom. The number of para-hydroxylation sites is 1. The molecular formula is C14H15BrN2O. The first-order valence-electron chi connectivity index (χ1n) is 5.86. The molecule has 0 aliphatic carbocycles. The second-order valence-electron chi connectivity index (χ2n) is 3.76. The van der Waals surface area contributed by atoms with E-state index in [1.165, 1.54) is 0 Å². The van der Waals surface area contributed by atoms with Crippen molar-refractivity contribution >= 4 is 21.7 Å². The first kappa shape index (κ1) is 12.9. The Morgan fingerprint density at radius 2 is 2.06 bits per heavy atom. The second kappa shape index (κ2) is 6.40. The van der Waals surface area contributed by atoms with E-state index in [1.807, 2.05) is 43.3 Å². The molecule has 0 unspecified atom stereocenters. The average molecular weight is 307 g/mol. The molecule has 0 saturated heterocycles. The normalized spacial score (nSPS) is 10.1. The van der Waals surface area contributed by atoms with Crippen molar-refractivity contribution in [3.63, 3.8) is 0 Å². The summed E-state index contributed by atoms with van der Waals surface area (Å²) in [4.78, 5) is 4.30. The summed E-state index contributed by atoms with van der Waals surface area (Å²) in [6.07, 6.45) is 1.78. The monoisotopic (exact) mass is 306 g/mol. The molecule has 0 aliphatic rings. The van der Waals surface area contributed by atoms with Crippen molar-refractivity contribution in [2.75, 3.05) is 11.9 Å². The van der Waals surface area contributed by atoms with Crippen molar-refractivity contribution in [2.24, 2.45) is 0 Å². The molecule has 1 heterocycles. The van der Waals surface area contributed by atoms with E-state index in [2.05, 4.69) is 26.2 Å². The van der Waals surface area contributed by atoms with Crippen LogP contribution in [0, 0.1) is 0 Å². The number of aromatic nitrogens is 1. The maximum absolute atomic E-state index is 5.78. The molecule has 0 radical (unpaired) electrons. The number of rotatable bonds is 5. The smallest absolute Gasteiger partial charge is 0.133 e. The Balaban J connectivity index is 2.08. The van der Waals surface area contributed by atoms with E-state index in [0.29, 0.717) is 6.61 Å².